The Morgan fingerprint density at radius 3 is 1.09 bits per heavy atom. The number of esters is 1. The lowest BCUT2D eigenvalue weighted by atomic mass is 10.0. The lowest BCUT2D eigenvalue weighted by molar-refractivity contribution is -0.144. The van der Waals surface area contributed by atoms with Crippen LogP contribution in [0.5, 0.6) is 0 Å². The van der Waals surface area contributed by atoms with Gasteiger partial charge < -0.3 is 9.84 Å². The molecule has 0 aromatic heterocycles. The maximum Gasteiger partial charge on any atom is 0.305 e. The third-order valence-corrected chi connectivity index (χ3v) is 9.44. The van der Waals surface area contributed by atoms with Crippen LogP contribution in [0, 0.1) is 0 Å². The van der Waals surface area contributed by atoms with E-state index in [2.05, 4.69) is 19.1 Å². The van der Waals surface area contributed by atoms with E-state index >= 15 is 0 Å². The lowest BCUT2D eigenvalue weighted by Crippen LogP contribution is -2.05. The molecule has 0 heterocycles. The van der Waals surface area contributed by atoms with Crippen molar-refractivity contribution < 1.29 is 19.4 Å². The molecule has 272 valence electrons. The van der Waals surface area contributed by atoms with Crippen LogP contribution in [-0.2, 0) is 14.3 Å². The number of unbranched alkanes of at least 4 members (excludes halogenated alkanes) is 31. The normalized spacial score (nSPS) is 11.5. The number of aliphatic carboxylic acids is 1. The minimum Gasteiger partial charge on any atom is -0.481 e. The number of ether oxygens (including phenoxy) is 1. The molecule has 0 fully saturated rings. The molecule has 4 heteroatoms. The SMILES string of the molecule is CCCC/C=C\CCCCCCCC(=O)OCCCCCCCCCCCCCCCCCCCCCCCCCCCC(=O)O. The van der Waals surface area contributed by atoms with Gasteiger partial charge in [0.2, 0.25) is 0 Å². The van der Waals surface area contributed by atoms with Crippen LogP contribution in [0.2, 0.25) is 0 Å². The standard InChI is InChI=1S/C42H80O4/c1-2-3-4-5-6-7-23-27-30-33-36-39-42(45)46-40-37-34-31-28-25-22-20-18-16-14-12-10-8-9-11-13-15-17-19-21-24-26-29-32-35-38-41(43)44/h5-6H,2-4,7-40H2,1H3,(H,43,44)/b6-5-. The smallest absolute Gasteiger partial charge is 0.305 e. The number of carboxylic acids is 1. The summed E-state index contributed by atoms with van der Waals surface area (Å²) in [7, 11) is 0. The Kier molecular flexibility index (Phi) is 38.7. The number of rotatable bonds is 39. The van der Waals surface area contributed by atoms with Crippen LogP contribution < -0.4 is 0 Å². The van der Waals surface area contributed by atoms with Gasteiger partial charge in [0.1, 0.15) is 0 Å². The van der Waals surface area contributed by atoms with E-state index in [1.165, 1.54) is 186 Å². The van der Waals surface area contributed by atoms with Gasteiger partial charge in [-0.25, -0.2) is 0 Å². The minimum atomic E-state index is -0.655. The molecule has 0 rings (SSSR count). The van der Waals surface area contributed by atoms with Gasteiger partial charge in [0.25, 0.3) is 0 Å². The second kappa shape index (κ2) is 39.9. The van der Waals surface area contributed by atoms with Crippen molar-refractivity contribution in [3.63, 3.8) is 0 Å². The summed E-state index contributed by atoms with van der Waals surface area (Å²) < 4.78 is 5.43. The highest BCUT2D eigenvalue weighted by Gasteiger charge is 2.03. The highest BCUT2D eigenvalue weighted by molar-refractivity contribution is 5.69. The summed E-state index contributed by atoms with van der Waals surface area (Å²) in [6.07, 6.45) is 49.6. The van der Waals surface area contributed by atoms with Crippen molar-refractivity contribution in [2.45, 2.75) is 238 Å². The molecule has 0 aliphatic heterocycles. The van der Waals surface area contributed by atoms with Crippen LogP contribution in [0.4, 0.5) is 0 Å². The molecule has 0 aromatic rings. The number of allylic oxidation sites excluding steroid dienone is 2. The Balaban J connectivity index is 3.14. The van der Waals surface area contributed by atoms with E-state index in [9.17, 15) is 9.59 Å². The van der Waals surface area contributed by atoms with Gasteiger partial charge >= 0.3 is 11.9 Å². The van der Waals surface area contributed by atoms with Gasteiger partial charge in [0, 0.05) is 12.8 Å². The molecule has 0 aromatic carbocycles. The Bertz CT molecular complexity index is 644. The van der Waals surface area contributed by atoms with Gasteiger partial charge in [0.05, 0.1) is 6.61 Å². The fourth-order valence-electron chi connectivity index (χ4n) is 6.32. The third-order valence-electron chi connectivity index (χ3n) is 9.44. The largest absolute Gasteiger partial charge is 0.481 e. The van der Waals surface area contributed by atoms with Crippen LogP contribution >= 0.6 is 0 Å². The van der Waals surface area contributed by atoms with Crippen molar-refractivity contribution in [1.29, 1.82) is 0 Å². The maximum absolute atomic E-state index is 11.9. The van der Waals surface area contributed by atoms with E-state index in [4.69, 9.17) is 9.84 Å². The molecular weight excluding hydrogens is 568 g/mol. The predicted octanol–water partition coefficient (Wildman–Crippen LogP) is 14.2. The molecule has 46 heavy (non-hydrogen) atoms. The first kappa shape index (κ1) is 44.7. The Labute approximate surface area is 287 Å². The number of carboxylic acid groups (broad SMARTS) is 1. The van der Waals surface area contributed by atoms with Crippen LogP contribution in [-0.4, -0.2) is 23.7 Å². The Morgan fingerprint density at radius 1 is 0.413 bits per heavy atom. The van der Waals surface area contributed by atoms with E-state index in [1.807, 2.05) is 0 Å². The highest BCUT2D eigenvalue weighted by Crippen LogP contribution is 2.16. The summed E-state index contributed by atoms with van der Waals surface area (Å²) in [4.78, 5) is 22.4. The summed E-state index contributed by atoms with van der Waals surface area (Å²) >= 11 is 0. The fourth-order valence-corrected chi connectivity index (χ4v) is 6.32. The molecule has 0 atom stereocenters. The summed E-state index contributed by atoms with van der Waals surface area (Å²) in [6, 6.07) is 0. The van der Waals surface area contributed by atoms with Crippen molar-refractivity contribution in [1.82, 2.24) is 0 Å². The topological polar surface area (TPSA) is 63.6 Å². The van der Waals surface area contributed by atoms with Gasteiger partial charge in [-0.1, -0.05) is 199 Å². The average molecular weight is 649 g/mol. The summed E-state index contributed by atoms with van der Waals surface area (Å²) in [5, 5.41) is 8.64. The van der Waals surface area contributed by atoms with Crippen molar-refractivity contribution in [3.8, 4) is 0 Å². The number of carbonyl (C=O) groups excluding carboxylic acids is 1. The van der Waals surface area contributed by atoms with E-state index in [1.54, 1.807) is 0 Å². The first-order valence-corrected chi connectivity index (χ1v) is 20.7. The Morgan fingerprint density at radius 2 is 0.717 bits per heavy atom. The predicted molar refractivity (Wildman–Crippen MR) is 200 cm³/mol. The molecule has 0 saturated heterocycles. The van der Waals surface area contributed by atoms with Crippen LogP contribution in [0.1, 0.15) is 238 Å². The van der Waals surface area contributed by atoms with Gasteiger partial charge in [-0.3, -0.25) is 9.59 Å². The summed E-state index contributed by atoms with van der Waals surface area (Å²) in [6.45, 7) is 2.86. The summed E-state index contributed by atoms with van der Waals surface area (Å²) in [5.41, 5.74) is 0. The second-order valence-electron chi connectivity index (χ2n) is 14.1. The molecule has 0 aliphatic carbocycles. The highest BCUT2D eigenvalue weighted by atomic mass is 16.5. The molecule has 0 amide bonds. The molecule has 4 nitrogen and oxygen atoms in total. The molecular formula is C42H80O4. The van der Waals surface area contributed by atoms with Crippen molar-refractivity contribution >= 4 is 11.9 Å². The van der Waals surface area contributed by atoms with Gasteiger partial charge in [0.15, 0.2) is 0 Å². The molecule has 0 saturated carbocycles. The fraction of sp³-hybridized carbons (Fsp3) is 0.905. The van der Waals surface area contributed by atoms with E-state index in [0.29, 0.717) is 19.4 Å². The second-order valence-corrected chi connectivity index (χ2v) is 14.1. The molecule has 0 aliphatic rings. The quantitative estimate of drug-likeness (QED) is 0.0409. The molecule has 0 spiro atoms. The lowest BCUT2D eigenvalue weighted by Gasteiger charge is -2.06. The first-order valence-electron chi connectivity index (χ1n) is 20.7. The van der Waals surface area contributed by atoms with Crippen LogP contribution in [0.3, 0.4) is 0 Å². The van der Waals surface area contributed by atoms with Crippen molar-refractivity contribution in [2.75, 3.05) is 6.61 Å². The van der Waals surface area contributed by atoms with E-state index in [0.717, 1.165) is 32.1 Å². The zero-order valence-electron chi connectivity index (χ0n) is 31.0. The maximum atomic E-state index is 11.9. The number of hydrogen-bond donors (Lipinski definition) is 1. The minimum absolute atomic E-state index is 0.00739. The van der Waals surface area contributed by atoms with Crippen LogP contribution in [0.15, 0.2) is 12.2 Å². The van der Waals surface area contributed by atoms with E-state index in [-0.39, 0.29) is 5.97 Å². The zero-order chi connectivity index (χ0) is 33.4. The average Bonchev–Trinajstić information content (AvgIpc) is 3.04. The van der Waals surface area contributed by atoms with Gasteiger partial charge in [-0.15, -0.1) is 0 Å². The number of hydrogen-bond acceptors (Lipinski definition) is 3. The molecule has 1 N–H and O–H groups in total. The van der Waals surface area contributed by atoms with Gasteiger partial charge in [-0.05, 0) is 38.5 Å². The van der Waals surface area contributed by atoms with Crippen LogP contribution in [0.25, 0.3) is 0 Å². The Hall–Kier alpha value is -1.32. The molecule has 0 radical (unpaired) electrons. The van der Waals surface area contributed by atoms with Gasteiger partial charge in [-0.2, -0.15) is 0 Å². The number of carbonyl (C=O) groups is 2. The monoisotopic (exact) mass is 649 g/mol. The molecule has 0 bridgehead atoms. The first-order chi connectivity index (χ1) is 22.7. The van der Waals surface area contributed by atoms with E-state index < -0.39 is 5.97 Å². The molecule has 0 unspecified atom stereocenters. The zero-order valence-corrected chi connectivity index (χ0v) is 31.0. The summed E-state index contributed by atoms with van der Waals surface area (Å²) in [5.74, 6) is -0.648. The van der Waals surface area contributed by atoms with Crippen molar-refractivity contribution in [2.24, 2.45) is 0 Å². The van der Waals surface area contributed by atoms with Crippen molar-refractivity contribution in [3.05, 3.63) is 12.2 Å². The third kappa shape index (κ3) is 40.7.